The Balaban J connectivity index is 2.57. The van der Waals surface area contributed by atoms with Gasteiger partial charge in [0.05, 0.1) is 23.5 Å². The van der Waals surface area contributed by atoms with E-state index in [4.69, 9.17) is 0 Å². The molecule has 0 unspecified atom stereocenters. The third kappa shape index (κ3) is 3.71. The summed E-state index contributed by atoms with van der Waals surface area (Å²) in [6, 6.07) is 13.6. The van der Waals surface area contributed by atoms with Crippen LogP contribution in [0.4, 0.5) is 5.69 Å². The molecule has 0 heterocycles. The molecule has 5 nitrogen and oxygen atoms in total. The molecule has 0 saturated carbocycles. The molecule has 0 aromatic heterocycles. The summed E-state index contributed by atoms with van der Waals surface area (Å²) in [6.07, 6.45) is 0. The third-order valence-electron chi connectivity index (χ3n) is 3.68. The molecule has 0 fully saturated rings. The molecule has 23 heavy (non-hydrogen) atoms. The maximum absolute atomic E-state index is 12.5. The second-order valence-electron chi connectivity index (χ2n) is 5.16. The lowest BCUT2D eigenvalue weighted by Gasteiger charge is -2.26. The molecule has 0 spiro atoms. The number of rotatable bonds is 6. The van der Waals surface area contributed by atoms with Crippen molar-refractivity contribution in [3.8, 4) is 0 Å². The molecule has 0 aliphatic carbocycles. The van der Waals surface area contributed by atoms with Crippen molar-refractivity contribution >= 4 is 21.7 Å². The molecule has 2 aromatic carbocycles. The molecule has 6 heteroatoms. The van der Waals surface area contributed by atoms with E-state index in [9.17, 15) is 18.3 Å². The molecule has 1 N–H and O–H groups in total. The molecule has 0 aliphatic heterocycles. The molecular formula is C17H19NO4S. The average Bonchev–Trinajstić information content (AvgIpc) is 2.54. The van der Waals surface area contributed by atoms with Crippen LogP contribution in [0, 0.1) is 6.92 Å². The van der Waals surface area contributed by atoms with Crippen molar-refractivity contribution in [2.45, 2.75) is 20.4 Å². The predicted octanol–water partition coefficient (Wildman–Crippen LogP) is 3.05. The van der Waals surface area contributed by atoms with Crippen LogP contribution in [0.3, 0.4) is 0 Å². The topological polar surface area (TPSA) is 74.7 Å². The van der Waals surface area contributed by atoms with Gasteiger partial charge in [-0.2, -0.15) is 0 Å². The highest BCUT2D eigenvalue weighted by atomic mass is 32.2. The SMILES string of the molecule is CCS(=O)(=O)N(Cc1ccccc1C)c1ccccc1C(=O)O. The summed E-state index contributed by atoms with van der Waals surface area (Å²) in [4.78, 5) is 11.4. The monoisotopic (exact) mass is 333 g/mol. The average molecular weight is 333 g/mol. The van der Waals surface area contributed by atoms with E-state index in [0.717, 1.165) is 11.1 Å². The molecule has 0 amide bonds. The molecule has 0 radical (unpaired) electrons. The summed E-state index contributed by atoms with van der Waals surface area (Å²) >= 11 is 0. The molecule has 0 bridgehead atoms. The van der Waals surface area contributed by atoms with Crippen molar-refractivity contribution in [1.82, 2.24) is 0 Å². The standard InChI is InChI=1S/C17H19NO4S/c1-3-23(21,22)18(12-14-9-5-4-8-13(14)2)16-11-7-6-10-15(16)17(19)20/h4-11H,3,12H2,1-2H3,(H,19,20). The lowest BCUT2D eigenvalue weighted by molar-refractivity contribution is 0.0697. The van der Waals surface area contributed by atoms with E-state index < -0.39 is 16.0 Å². The van der Waals surface area contributed by atoms with E-state index >= 15 is 0 Å². The highest BCUT2D eigenvalue weighted by Crippen LogP contribution is 2.26. The number of carbonyl (C=O) groups is 1. The quantitative estimate of drug-likeness (QED) is 0.881. The van der Waals surface area contributed by atoms with E-state index in [1.165, 1.54) is 16.4 Å². The van der Waals surface area contributed by atoms with E-state index in [1.807, 2.05) is 31.2 Å². The summed E-state index contributed by atoms with van der Waals surface area (Å²) in [5.74, 6) is -1.26. The number of benzene rings is 2. The Hall–Kier alpha value is -2.34. The Bertz CT molecular complexity index is 815. The first-order chi connectivity index (χ1) is 10.9. The van der Waals surface area contributed by atoms with Gasteiger partial charge in [-0.3, -0.25) is 4.31 Å². The number of aryl methyl sites for hydroxylation is 1. The van der Waals surface area contributed by atoms with Crippen molar-refractivity contribution < 1.29 is 18.3 Å². The van der Waals surface area contributed by atoms with Gasteiger partial charge in [0.2, 0.25) is 10.0 Å². The van der Waals surface area contributed by atoms with Gasteiger partial charge in [-0.15, -0.1) is 0 Å². The van der Waals surface area contributed by atoms with Gasteiger partial charge in [-0.1, -0.05) is 36.4 Å². The van der Waals surface area contributed by atoms with E-state index in [-0.39, 0.29) is 23.5 Å². The lowest BCUT2D eigenvalue weighted by atomic mass is 10.1. The molecule has 122 valence electrons. The van der Waals surface area contributed by atoms with Crippen LogP contribution in [0.5, 0.6) is 0 Å². The molecular weight excluding hydrogens is 314 g/mol. The van der Waals surface area contributed by atoms with E-state index in [2.05, 4.69) is 0 Å². The molecule has 2 aromatic rings. The van der Waals surface area contributed by atoms with Crippen LogP contribution in [0.15, 0.2) is 48.5 Å². The Morgan fingerprint density at radius 2 is 1.70 bits per heavy atom. The molecule has 0 aliphatic rings. The summed E-state index contributed by atoms with van der Waals surface area (Å²) in [5, 5.41) is 9.35. The number of hydrogen-bond acceptors (Lipinski definition) is 3. The number of anilines is 1. The minimum absolute atomic E-state index is 0.0295. The van der Waals surface area contributed by atoms with Crippen LogP contribution in [0.25, 0.3) is 0 Å². The van der Waals surface area contributed by atoms with Crippen LogP contribution in [0.2, 0.25) is 0 Å². The number of sulfonamides is 1. The zero-order valence-electron chi connectivity index (χ0n) is 13.1. The largest absolute Gasteiger partial charge is 0.478 e. The maximum Gasteiger partial charge on any atom is 0.337 e. The number of hydrogen-bond donors (Lipinski definition) is 1. The van der Waals surface area contributed by atoms with Gasteiger partial charge in [0.15, 0.2) is 0 Å². The van der Waals surface area contributed by atoms with Crippen molar-refractivity contribution in [3.63, 3.8) is 0 Å². The fourth-order valence-electron chi connectivity index (χ4n) is 2.30. The number of carboxylic acid groups (broad SMARTS) is 1. The zero-order chi connectivity index (χ0) is 17.0. The first-order valence-electron chi connectivity index (χ1n) is 7.24. The van der Waals surface area contributed by atoms with Gasteiger partial charge in [0, 0.05) is 0 Å². The van der Waals surface area contributed by atoms with Crippen LogP contribution in [0.1, 0.15) is 28.4 Å². The normalized spacial score (nSPS) is 11.2. The minimum Gasteiger partial charge on any atom is -0.478 e. The van der Waals surface area contributed by atoms with E-state index in [0.29, 0.717) is 0 Å². The molecule has 2 rings (SSSR count). The smallest absolute Gasteiger partial charge is 0.337 e. The number of aromatic carboxylic acids is 1. The number of carboxylic acids is 1. The van der Waals surface area contributed by atoms with Gasteiger partial charge < -0.3 is 5.11 Å². The second-order valence-corrected chi connectivity index (χ2v) is 7.34. The van der Waals surface area contributed by atoms with Crippen molar-refractivity contribution in [2.24, 2.45) is 0 Å². The Labute approximate surface area is 136 Å². The van der Waals surface area contributed by atoms with Crippen molar-refractivity contribution in [1.29, 1.82) is 0 Å². The predicted molar refractivity (Wildman–Crippen MR) is 90.2 cm³/mol. The summed E-state index contributed by atoms with van der Waals surface area (Å²) in [6.45, 7) is 3.55. The maximum atomic E-state index is 12.5. The fourth-order valence-corrected chi connectivity index (χ4v) is 3.41. The van der Waals surface area contributed by atoms with Crippen molar-refractivity contribution in [2.75, 3.05) is 10.1 Å². The van der Waals surface area contributed by atoms with Crippen LogP contribution in [-0.4, -0.2) is 25.2 Å². The lowest BCUT2D eigenvalue weighted by Crippen LogP contribution is -2.33. The van der Waals surface area contributed by atoms with Crippen LogP contribution in [-0.2, 0) is 16.6 Å². The van der Waals surface area contributed by atoms with Crippen LogP contribution >= 0.6 is 0 Å². The summed E-state index contributed by atoms with van der Waals surface area (Å²) in [5.41, 5.74) is 1.95. The Morgan fingerprint density at radius 1 is 1.09 bits per heavy atom. The zero-order valence-corrected chi connectivity index (χ0v) is 13.9. The van der Waals surface area contributed by atoms with Crippen LogP contribution < -0.4 is 4.31 Å². The second kappa shape index (κ2) is 6.83. The Morgan fingerprint density at radius 3 is 2.30 bits per heavy atom. The highest BCUT2D eigenvalue weighted by molar-refractivity contribution is 7.92. The summed E-state index contributed by atoms with van der Waals surface area (Å²) < 4.78 is 26.2. The van der Waals surface area contributed by atoms with E-state index in [1.54, 1.807) is 19.1 Å². The number of para-hydroxylation sites is 1. The fraction of sp³-hybridized carbons (Fsp3) is 0.235. The van der Waals surface area contributed by atoms with Gasteiger partial charge in [0.25, 0.3) is 0 Å². The van der Waals surface area contributed by atoms with Gasteiger partial charge in [-0.05, 0) is 37.1 Å². The number of nitrogens with zero attached hydrogens (tertiary/aromatic N) is 1. The van der Waals surface area contributed by atoms with Gasteiger partial charge in [0.1, 0.15) is 0 Å². The Kier molecular flexibility index (Phi) is 5.05. The van der Waals surface area contributed by atoms with Crippen molar-refractivity contribution in [3.05, 3.63) is 65.2 Å². The summed E-state index contributed by atoms with van der Waals surface area (Å²) in [7, 11) is -3.61. The third-order valence-corrected chi connectivity index (χ3v) is 5.41. The first kappa shape index (κ1) is 17.0. The molecule has 0 saturated heterocycles. The van der Waals surface area contributed by atoms with Gasteiger partial charge in [-0.25, -0.2) is 13.2 Å². The highest BCUT2D eigenvalue weighted by Gasteiger charge is 2.25. The van der Waals surface area contributed by atoms with Gasteiger partial charge >= 0.3 is 5.97 Å². The minimum atomic E-state index is -3.61. The first-order valence-corrected chi connectivity index (χ1v) is 8.85. The molecule has 0 atom stereocenters.